The molecule has 3 aromatic rings. The summed E-state index contributed by atoms with van der Waals surface area (Å²) in [5, 5.41) is 4.21. The number of carbonyl (C=O) groups excluding carboxylic acids is 1. The van der Waals surface area contributed by atoms with Gasteiger partial charge in [-0.15, -0.1) is 11.3 Å². The zero-order valence-electron chi connectivity index (χ0n) is 12.8. The van der Waals surface area contributed by atoms with Crippen molar-refractivity contribution in [1.29, 1.82) is 0 Å². The van der Waals surface area contributed by atoms with E-state index in [9.17, 15) is 4.79 Å². The summed E-state index contributed by atoms with van der Waals surface area (Å²) in [4.78, 5) is 20.7. The summed E-state index contributed by atoms with van der Waals surface area (Å²) in [5.74, 6) is 0.813. The van der Waals surface area contributed by atoms with E-state index in [0.717, 1.165) is 40.1 Å². The Bertz CT molecular complexity index is 887. The molecule has 0 spiro atoms. The molecule has 0 aromatic carbocycles. The zero-order chi connectivity index (χ0) is 16.0. The van der Waals surface area contributed by atoms with Crippen molar-refractivity contribution in [2.75, 3.05) is 0 Å². The number of fused-ring (bicyclic) bond motifs is 1. The molecule has 3 aromatic heterocycles. The fourth-order valence-electron chi connectivity index (χ4n) is 3.30. The van der Waals surface area contributed by atoms with Gasteiger partial charge in [0.25, 0.3) is 0 Å². The Kier molecular flexibility index (Phi) is 3.73. The molecular formula is C17H17N3OS2. The van der Waals surface area contributed by atoms with E-state index in [1.807, 2.05) is 19.3 Å². The summed E-state index contributed by atoms with van der Waals surface area (Å²) in [6.07, 6.45) is 7.15. The molecular weight excluding hydrogens is 326 g/mol. The lowest BCUT2D eigenvalue weighted by Crippen LogP contribution is -2.12. The lowest BCUT2D eigenvalue weighted by molar-refractivity contribution is -0.120. The van der Waals surface area contributed by atoms with Crippen molar-refractivity contribution in [1.82, 2.24) is 13.9 Å². The van der Waals surface area contributed by atoms with Crippen LogP contribution in [0.25, 0.3) is 22.3 Å². The van der Waals surface area contributed by atoms with Crippen LogP contribution in [0.2, 0.25) is 0 Å². The molecule has 3 heterocycles. The number of hydrogen-bond acceptors (Lipinski definition) is 5. The highest BCUT2D eigenvalue weighted by molar-refractivity contribution is 7.78. The van der Waals surface area contributed by atoms with Gasteiger partial charge in [0.2, 0.25) is 0 Å². The van der Waals surface area contributed by atoms with Crippen LogP contribution < -0.4 is 0 Å². The van der Waals surface area contributed by atoms with E-state index in [-0.39, 0.29) is 0 Å². The lowest BCUT2D eigenvalue weighted by atomic mass is 9.84. The molecule has 0 bridgehead atoms. The van der Waals surface area contributed by atoms with Crippen molar-refractivity contribution in [2.24, 2.45) is 0 Å². The van der Waals surface area contributed by atoms with Gasteiger partial charge in [0.1, 0.15) is 11.4 Å². The Morgan fingerprint density at radius 2 is 2.13 bits per heavy atom. The second-order valence-corrected chi connectivity index (χ2v) is 7.59. The number of carbonyl (C=O) groups is 1. The highest BCUT2D eigenvalue weighted by atomic mass is 32.1. The Morgan fingerprint density at radius 3 is 2.83 bits per heavy atom. The number of thiol groups is 1. The Hall–Kier alpha value is -1.66. The average Bonchev–Trinajstić information content (AvgIpc) is 3.12. The molecule has 118 valence electrons. The molecule has 6 heteroatoms. The minimum Gasteiger partial charge on any atom is -0.300 e. The van der Waals surface area contributed by atoms with Gasteiger partial charge in [-0.05, 0) is 37.3 Å². The van der Waals surface area contributed by atoms with Gasteiger partial charge in [-0.2, -0.15) is 0 Å². The third kappa shape index (κ3) is 2.70. The van der Waals surface area contributed by atoms with Gasteiger partial charge in [-0.25, -0.2) is 9.97 Å². The maximum Gasteiger partial charge on any atom is 0.150 e. The third-order valence-electron chi connectivity index (χ3n) is 4.56. The van der Waals surface area contributed by atoms with E-state index < -0.39 is 0 Å². The van der Waals surface area contributed by atoms with Crippen molar-refractivity contribution in [3.05, 3.63) is 34.4 Å². The Morgan fingerprint density at radius 1 is 1.35 bits per heavy atom. The first kappa shape index (κ1) is 14.9. The molecule has 1 saturated carbocycles. The molecule has 0 atom stereocenters. The predicted molar refractivity (Wildman–Crippen MR) is 96.2 cm³/mol. The van der Waals surface area contributed by atoms with Crippen molar-refractivity contribution in [3.63, 3.8) is 0 Å². The van der Waals surface area contributed by atoms with Gasteiger partial charge < -0.3 is 0 Å². The molecule has 1 aliphatic carbocycles. The first-order chi connectivity index (χ1) is 11.1. The molecule has 0 amide bonds. The normalized spacial score (nSPS) is 16.3. The number of Topliss-reactive ketones (excluding diaryl/α,β-unsaturated/α-hetero) is 1. The van der Waals surface area contributed by atoms with Crippen LogP contribution in [-0.4, -0.2) is 19.7 Å². The quantitative estimate of drug-likeness (QED) is 0.702. The summed E-state index contributed by atoms with van der Waals surface area (Å²) in [6, 6.07) is 2.21. The van der Waals surface area contributed by atoms with Gasteiger partial charge in [0.15, 0.2) is 0 Å². The van der Waals surface area contributed by atoms with E-state index in [2.05, 4.69) is 34.2 Å². The number of hydrogen-bond donors (Lipinski definition) is 1. The van der Waals surface area contributed by atoms with Crippen molar-refractivity contribution >= 4 is 41.0 Å². The van der Waals surface area contributed by atoms with Gasteiger partial charge in [-0.3, -0.25) is 8.77 Å². The lowest BCUT2D eigenvalue weighted by Gasteiger charge is -2.21. The van der Waals surface area contributed by atoms with Gasteiger partial charge >= 0.3 is 0 Å². The molecule has 4 rings (SSSR count). The van der Waals surface area contributed by atoms with Crippen LogP contribution in [0.5, 0.6) is 0 Å². The number of aryl methyl sites for hydroxylation is 1. The summed E-state index contributed by atoms with van der Waals surface area (Å²) in [6.45, 7) is 2.01. The second kappa shape index (κ2) is 5.76. The van der Waals surface area contributed by atoms with Crippen LogP contribution in [-0.2, 0) is 4.79 Å². The topological polar surface area (TPSA) is 47.8 Å². The first-order valence-corrected chi connectivity index (χ1v) is 9.04. The van der Waals surface area contributed by atoms with E-state index in [0.29, 0.717) is 24.5 Å². The van der Waals surface area contributed by atoms with Gasteiger partial charge in [0.05, 0.1) is 10.7 Å². The van der Waals surface area contributed by atoms with Crippen LogP contribution in [0.1, 0.15) is 42.2 Å². The summed E-state index contributed by atoms with van der Waals surface area (Å²) in [7, 11) is 0. The van der Waals surface area contributed by atoms with Gasteiger partial charge in [-0.1, -0.05) is 12.8 Å². The predicted octanol–water partition coefficient (Wildman–Crippen LogP) is 4.39. The summed E-state index contributed by atoms with van der Waals surface area (Å²) >= 11 is 6.13. The van der Waals surface area contributed by atoms with Crippen LogP contribution in [0.4, 0.5) is 0 Å². The average molecular weight is 343 g/mol. The van der Waals surface area contributed by atoms with Crippen LogP contribution >= 0.6 is 24.2 Å². The van der Waals surface area contributed by atoms with E-state index in [4.69, 9.17) is 0 Å². The number of thiazole rings is 1. The first-order valence-electron chi connectivity index (χ1n) is 7.76. The smallest absolute Gasteiger partial charge is 0.150 e. The number of pyridine rings is 1. The largest absolute Gasteiger partial charge is 0.300 e. The third-order valence-corrected chi connectivity index (χ3v) is 5.63. The highest BCUT2D eigenvalue weighted by Gasteiger charge is 2.22. The molecule has 23 heavy (non-hydrogen) atoms. The zero-order valence-corrected chi connectivity index (χ0v) is 14.5. The second-order valence-electron chi connectivity index (χ2n) is 6.09. The maximum atomic E-state index is 11.5. The number of rotatable bonds is 2. The van der Waals surface area contributed by atoms with Crippen molar-refractivity contribution < 1.29 is 4.79 Å². The SMILES string of the molecule is Cc1nc(-c2cn(S)c3ncc(C4CCC(=O)CC4)cc23)cs1. The Labute approximate surface area is 144 Å². The molecule has 1 fully saturated rings. The van der Waals surface area contributed by atoms with E-state index >= 15 is 0 Å². The molecule has 0 unspecified atom stereocenters. The fourth-order valence-corrected chi connectivity index (χ4v) is 4.18. The molecule has 0 radical (unpaired) electrons. The fraction of sp³-hybridized carbons (Fsp3) is 0.353. The van der Waals surface area contributed by atoms with Crippen molar-refractivity contribution in [3.8, 4) is 11.3 Å². The van der Waals surface area contributed by atoms with Crippen LogP contribution in [0, 0.1) is 6.92 Å². The monoisotopic (exact) mass is 343 g/mol. The van der Waals surface area contributed by atoms with Crippen molar-refractivity contribution in [2.45, 2.75) is 38.5 Å². The molecule has 0 N–H and O–H groups in total. The van der Waals surface area contributed by atoms with E-state index in [1.54, 1.807) is 15.3 Å². The summed E-state index contributed by atoms with van der Waals surface area (Å²) < 4.78 is 1.76. The van der Waals surface area contributed by atoms with E-state index in [1.165, 1.54) is 5.56 Å². The standard InChI is InChI=1S/C17H17N3OS2/c1-10-19-16(9-23-10)15-8-20(22)17-14(15)6-12(7-18-17)11-2-4-13(21)5-3-11/h6-9,11,22H,2-5H2,1H3. The maximum absolute atomic E-state index is 11.5. The highest BCUT2D eigenvalue weighted by Crippen LogP contribution is 2.36. The summed E-state index contributed by atoms with van der Waals surface area (Å²) in [5.41, 5.74) is 4.12. The van der Waals surface area contributed by atoms with Crippen LogP contribution in [0.15, 0.2) is 23.8 Å². The number of ketones is 1. The van der Waals surface area contributed by atoms with Gasteiger partial charge in [0, 0.05) is 41.6 Å². The van der Waals surface area contributed by atoms with Crippen LogP contribution in [0.3, 0.4) is 0 Å². The Balaban J connectivity index is 1.79. The minimum atomic E-state index is 0.385. The molecule has 1 aliphatic rings. The minimum absolute atomic E-state index is 0.385. The number of aromatic nitrogens is 3. The molecule has 4 nitrogen and oxygen atoms in total. The molecule has 0 aliphatic heterocycles. The number of nitrogens with zero attached hydrogens (tertiary/aromatic N) is 3. The molecule has 0 saturated heterocycles.